The second-order valence-electron chi connectivity index (χ2n) is 4.20. The maximum atomic E-state index is 6.11. The Hall–Kier alpha value is -2.02. The molecule has 2 rings (SSSR count). The van der Waals surface area contributed by atoms with E-state index in [2.05, 4.69) is 20.8 Å². The van der Waals surface area contributed by atoms with Crippen LogP contribution in [0.15, 0.2) is 12.1 Å². The van der Waals surface area contributed by atoms with E-state index in [0.717, 1.165) is 5.56 Å². The van der Waals surface area contributed by atoms with Gasteiger partial charge in [-0.15, -0.1) is 0 Å². The van der Waals surface area contributed by atoms with Crippen LogP contribution in [0.25, 0.3) is 0 Å². The lowest BCUT2D eigenvalue weighted by molar-refractivity contribution is 0.308. The molecular formula is C13H18ClN5O2. The molecule has 1 aromatic carbocycles. The number of hydrogen-bond acceptors (Lipinski definition) is 6. The van der Waals surface area contributed by atoms with Crippen LogP contribution >= 0.6 is 11.6 Å². The molecule has 0 amide bonds. The van der Waals surface area contributed by atoms with Crippen LogP contribution in [0.3, 0.4) is 0 Å². The Morgan fingerprint density at radius 2 is 2.14 bits per heavy atom. The van der Waals surface area contributed by atoms with Gasteiger partial charge in [-0.25, -0.2) is 4.68 Å². The summed E-state index contributed by atoms with van der Waals surface area (Å²) in [4.78, 5) is 0. The van der Waals surface area contributed by atoms with Crippen molar-refractivity contribution >= 4 is 17.5 Å². The third kappa shape index (κ3) is 3.55. The second kappa shape index (κ2) is 7.12. The largest absolute Gasteiger partial charge is 0.493 e. The van der Waals surface area contributed by atoms with E-state index in [-0.39, 0.29) is 0 Å². The van der Waals surface area contributed by atoms with Crippen LogP contribution in [0.5, 0.6) is 11.5 Å². The van der Waals surface area contributed by atoms with Gasteiger partial charge in [-0.2, -0.15) is 0 Å². The molecule has 0 aliphatic heterocycles. The van der Waals surface area contributed by atoms with Crippen molar-refractivity contribution in [1.29, 1.82) is 0 Å². The Bertz CT molecular complexity index is 602. The number of aromatic nitrogens is 4. The highest BCUT2D eigenvalue weighted by Crippen LogP contribution is 2.35. The van der Waals surface area contributed by atoms with Crippen LogP contribution in [0, 0.1) is 0 Å². The van der Waals surface area contributed by atoms with Crippen LogP contribution in [-0.4, -0.2) is 33.9 Å². The molecule has 0 unspecified atom stereocenters. The van der Waals surface area contributed by atoms with Crippen molar-refractivity contribution in [2.24, 2.45) is 0 Å². The van der Waals surface area contributed by atoms with Gasteiger partial charge in [0.2, 0.25) is 5.95 Å². The minimum Gasteiger partial charge on any atom is -0.493 e. The fourth-order valence-electron chi connectivity index (χ4n) is 1.93. The van der Waals surface area contributed by atoms with Gasteiger partial charge in [0.1, 0.15) is 0 Å². The number of rotatable bonds is 7. The van der Waals surface area contributed by atoms with E-state index < -0.39 is 0 Å². The second-order valence-corrected chi connectivity index (χ2v) is 4.64. The molecule has 1 N–H and O–H groups in total. The van der Waals surface area contributed by atoms with Crippen LogP contribution in [0.2, 0.25) is 5.02 Å². The Balaban J connectivity index is 2.24. The van der Waals surface area contributed by atoms with Crippen LogP contribution in [0.1, 0.15) is 19.4 Å². The first-order chi connectivity index (χ1) is 10.2. The molecular weight excluding hydrogens is 294 g/mol. The zero-order chi connectivity index (χ0) is 15.2. The van der Waals surface area contributed by atoms with Crippen LogP contribution in [0.4, 0.5) is 5.95 Å². The number of tetrazole rings is 1. The number of anilines is 1. The number of ether oxygens (including phenoxy) is 2. The molecule has 21 heavy (non-hydrogen) atoms. The summed E-state index contributed by atoms with van der Waals surface area (Å²) in [5.41, 5.74) is 0.881. The summed E-state index contributed by atoms with van der Waals surface area (Å²) in [6.45, 7) is 5.59. The van der Waals surface area contributed by atoms with Gasteiger partial charge in [0.05, 0.1) is 13.7 Å². The Labute approximate surface area is 128 Å². The van der Waals surface area contributed by atoms with Crippen molar-refractivity contribution in [3.63, 3.8) is 0 Å². The predicted octanol–water partition coefficient (Wildman–Crippen LogP) is 2.37. The third-order valence-electron chi connectivity index (χ3n) is 2.87. The van der Waals surface area contributed by atoms with Crippen molar-refractivity contribution in [2.45, 2.75) is 26.9 Å². The normalized spacial score (nSPS) is 10.5. The topological polar surface area (TPSA) is 74.1 Å². The van der Waals surface area contributed by atoms with E-state index in [1.807, 2.05) is 19.9 Å². The number of aryl methyl sites for hydroxylation is 1. The fourth-order valence-corrected chi connectivity index (χ4v) is 2.16. The van der Waals surface area contributed by atoms with Crippen molar-refractivity contribution in [3.05, 3.63) is 22.7 Å². The number of hydrogen-bond donors (Lipinski definition) is 1. The van der Waals surface area contributed by atoms with E-state index in [1.165, 1.54) is 0 Å². The van der Waals surface area contributed by atoms with E-state index in [1.54, 1.807) is 17.9 Å². The van der Waals surface area contributed by atoms with Gasteiger partial charge in [0.15, 0.2) is 11.5 Å². The SMILES string of the molecule is CCOc1c(CNc2nnnn2CC)cc(Cl)cc1OC. The van der Waals surface area contributed by atoms with Crippen molar-refractivity contribution in [2.75, 3.05) is 19.0 Å². The summed E-state index contributed by atoms with van der Waals surface area (Å²) in [6.07, 6.45) is 0. The van der Waals surface area contributed by atoms with Gasteiger partial charge in [0, 0.05) is 29.7 Å². The lowest BCUT2D eigenvalue weighted by Gasteiger charge is -2.15. The first kappa shape index (κ1) is 15.4. The average molecular weight is 312 g/mol. The highest BCUT2D eigenvalue weighted by Gasteiger charge is 2.13. The first-order valence-electron chi connectivity index (χ1n) is 6.68. The van der Waals surface area contributed by atoms with Crippen molar-refractivity contribution < 1.29 is 9.47 Å². The zero-order valence-electron chi connectivity index (χ0n) is 12.3. The molecule has 0 saturated heterocycles. The molecule has 0 aliphatic rings. The molecule has 8 heteroatoms. The molecule has 0 radical (unpaired) electrons. The Morgan fingerprint density at radius 3 is 2.81 bits per heavy atom. The number of benzene rings is 1. The lowest BCUT2D eigenvalue weighted by atomic mass is 10.2. The number of nitrogens with zero attached hydrogens (tertiary/aromatic N) is 4. The third-order valence-corrected chi connectivity index (χ3v) is 3.09. The van der Waals surface area contributed by atoms with Crippen molar-refractivity contribution in [3.8, 4) is 11.5 Å². The van der Waals surface area contributed by atoms with Crippen LogP contribution in [-0.2, 0) is 13.1 Å². The average Bonchev–Trinajstić information content (AvgIpc) is 2.94. The summed E-state index contributed by atoms with van der Waals surface area (Å²) in [7, 11) is 1.59. The van der Waals surface area contributed by atoms with Gasteiger partial charge < -0.3 is 14.8 Å². The molecule has 0 bridgehead atoms. The first-order valence-corrected chi connectivity index (χ1v) is 7.06. The maximum Gasteiger partial charge on any atom is 0.243 e. The summed E-state index contributed by atoms with van der Waals surface area (Å²) in [5, 5.41) is 15.2. The van der Waals surface area contributed by atoms with E-state index in [0.29, 0.717) is 42.2 Å². The molecule has 0 atom stereocenters. The standard InChI is InChI=1S/C13H18ClN5O2/c1-4-19-13(16-17-18-19)15-8-9-6-10(14)7-11(20-3)12(9)21-5-2/h6-7H,4-5,8H2,1-3H3,(H,15,16,18). The van der Waals surface area contributed by atoms with E-state index in [4.69, 9.17) is 21.1 Å². The number of halogens is 1. The number of methoxy groups -OCH3 is 1. The molecule has 0 saturated carbocycles. The van der Waals surface area contributed by atoms with Gasteiger partial charge in [-0.3, -0.25) is 0 Å². The maximum absolute atomic E-state index is 6.11. The smallest absolute Gasteiger partial charge is 0.243 e. The quantitative estimate of drug-likeness (QED) is 0.846. The zero-order valence-corrected chi connectivity index (χ0v) is 13.0. The van der Waals surface area contributed by atoms with E-state index in [9.17, 15) is 0 Å². The minimum atomic E-state index is 0.479. The summed E-state index contributed by atoms with van der Waals surface area (Å²) >= 11 is 6.11. The minimum absolute atomic E-state index is 0.479. The van der Waals surface area contributed by atoms with Gasteiger partial charge in [-0.05, 0) is 30.3 Å². The monoisotopic (exact) mass is 311 g/mol. The fraction of sp³-hybridized carbons (Fsp3) is 0.462. The van der Waals surface area contributed by atoms with E-state index >= 15 is 0 Å². The molecule has 7 nitrogen and oxygen atoms in total. The highest BCUT2D eigenvalue weighted by molar-refractivity contribution is 6.30. The molecule has 114 valence electrons. The van der Waals surface area contributed by atoms with Gasteiger partial charge in [0.25, 0.3) is 0 Å². The molecule has 0 spiro atoms. The molecule has 0 aliphatic carbocycles. The molecule has 1 aromatic heterocycles. The molecule has 1 heterocycles. The lowest BCUT2D eigenvalue weighted by Crippen LogP contribution is -2.09. The Morgan fingerprint density at radius 1 is 1.33 bits per heavy atom. The van der Waals surface area contributed by atoms with Gasteiger partial charge >= 0.3 is 0 Å². The number of nitrogens with one attached hydrogen (secondary N) is 1. The summed E-state index contributed by atoms with van der Waals surface area (Å²) in [6, 6.07) is 3.56. The van der Waals surface area contributed by atoms with Gasteiger partial charge in [-0.1, -0.05) is 16.7 Å². The van der Waals surface area contributed by atoms with Crippen LogP contribution < -0.4 is 14.8 Å². The summed E-state index contributed by atoms with van der Waals surface area (Å²) in [5.74, 6) is 1.88. The highest BCUT2D eigenvalue weighted by atomic mass is 35.5. The Kier molecular flexibility index (Phi) is 5.21. The predicted molar refractivity (Wildman–Crippen MR) is 80.0 cm³/mol. The molecule has 0 fully saturated rings. The molecule has 2 aromatic rings. The summed E-state index contributed by atoms with van der Waals surface area (Å²) < 4.78 is 12.6. The van der Waals surface area contributed by atoms with Crippen molar-refractivity contribution in [1.82, 2.24) is 20.2 Å².